The molecule has 0 bridgehead atoms. The van der Waals surface area contributed by atoms with Crippen molar-refractivity contribution in [1.29, 1.82) is 0 Å². The second kappa shape index (κ2) is 10.5. The second-order valence-electron chi connectivity index (χ2n) is 16.6. The highest BCUT2D eigenvalue weighted by molar-refractivity contribution is 5.76. The monoisotopic (exact) mass is 604 g/mol. The average Bonchev–Trinajstić information content (AvgIpc) is 3.56. The van der Waals surface area contributed by atoms with Crippen molar-refractivity contribution in [2.24, 2.45) is 50.7 Å². The molecule has 0 aromatic rings. The largest absolute Gasteiger partial charge is 0.481 e. The molecular weight excluding hydrogens is 548 g/mol. The van der Waals surface area contributed by atoms with Gasteiger partial charge in [0.2, 0.25) is 0 Å². The van der Waals surface area contributed by atoms with Crippen LogP contribution in [0.3, 0.4) is 0 Å². The Morgan fingerprint density at radius 1 is 0.977 bits per heavy atom. The zero-order valence-electron chi connectivity index (χ0n) is 27.1. The SMILES string of the molecule is CC(C)=CCC[C@@H](C)[C@H]1CC[C@@]2(C)[C@@H]3CC[C@@H]4[C@]5(C[C@@]35CC[C@]12C)C(O)CC(O[C@@H]1OC[C@H](O)[C@H](O)[C@H]1O)[C@@]4(C)C(=O)O. The number of carbonyl (C=O) groups is 1. The summed E-state index contributed by atoms with van der Waals surface area (Å²) in [5.74, 6) is 0.605. The lowest BCUT2D eigenvalue weighted by Gasteiger charge is -2.64. The van der Waals surface area contributed by atoms with Crippen LogP contribution in [0.5, 0.6) is 0 Å². The summed E-state index contributed by atoms with van der Waals surface area (Å²) in [5.41, 5.74) is 0.0200. The summed E-state index contributed by atoms with van der Waals surface area (Å²) in [5, 5.41) is 53.5. The van der Waals surface area contributed by atoms with Gasteiger partial charge in [-0.25, -0.2) is 0 Å². The number of carboxylic acids is 1. The topological polar surface area (TPSA) is 137 Å². The Labute approximate surface area is 257 Å². The quantitative estimate of drug-likeness (QED) is 0.209. The van der Waals surface area contributed by atoms with E-state index in [2.05, 4.69) is 40.7 Å². The van der Waals surface area contributed by atoms with Crippen molar-refractivity contribution in [3.8, 4) is 0 Å². The van der Waals surface area contributed by atoms with Crippen molar-refractivity contribution in [2.45, 2.75) is 143 Å². The maximum Gasteiger partial charge on any atom is 0.312 e. The number of hydrogen-bond acceptors (Lipinski definition) is 7. The van der Waals surface area contributed by atoms with Gasteiger partial charge in [-0.05, 0) is 118 Å². The van der Waals surface area contributed by atoms with Crippen LogP contribution < -0.4 is 0 Å². The lowest BCUT2D eigenvalue weighted by molar-refractivity contribution is -0.309. The summed E-state index contributed by atoms with van der Waals surface area (Å²) >= 11 is 0. The van der Waals surface area contributed by atoms with Gasteiger partial charge in [-0.3, -0.25) is 4.79 Å². The fraction of sp³-hybridized carbons (Fsp3) is 0.914. The van der Waals surface area contributed by atoms with Crippen molar-refractivity contribution in [1.82, 2.24) is 0 Å². The Morgan fingerprint density at radius 3 is 2.35 bits per heavy atom. The molecule has 0 radical (unpaired) electrons. The first-order valence-corrected chi connectivity index (χ1v) is 17.0. The smallest absolute Gasteiger partial charge is 0.312 e. The molecule has 6 aliphatic rings. The van der Waals surface area contributed by atoms with Crippen molar-refractivity contribution >= 4 is 5.97 Å². The molecule has 1 heterocycles. The van der Waals surface area contributed by atoms with E-state index in [1.54, 1.807) is 6.92 Å². The van der Waals surface area contributed by atoms with E-state index >= 15 is 0 Å². The van der Waals surface area contributed by atoms with Gasteiger partial charge >= 0.3 is 5.97 Å². The van der Waals surface area contributed by atoms with Crippen LogP contribution in [0.1, 0.15) is 106 Å². The maximum absolute atomic E-state index is 13.2. The fourth-order valence-electron chi connectivity index (χ4n) is 12.4. The number of aliphatic hydroxyl groups excluding tert-OH is 4. The van der Waals surface area contributed by atoms with E-state index in [0.29, 0.717) is 17.8 Å². The number of allylic oxidation sites excluding steroid dienone is 2. The Hall–Kier alpha value is -1.03. The summed E-state index contributed by atoms with van der Waals surface area (Å²) < 4.78 is 11.7. The first kappa shape index (κ1) is 31.9. The van der Waals surface area contributed by atoms with E-state index in [1.165, 1.54) is 24.8 Å². The summed E-state index contributed by atoms with van der Waals surface area (Å²) in [6, 6.07) is 0. The van der Waals surface area contributed by atoms with Gasteiger partial charge < -0.3 is 35.0 Å². The first-order valence-electron chi connectivity index (χ1n) is 17.0. The average molecular weight is 605 g/mol. The van der Waals surface area contributed by atoms with Gasteiger partial charge in [-0.15, -0.1) is 0 Å². The molecule has 2 unspecified atom stereocenters. The molecule has 15 atom stereocenters. The third kappa shape index (κ3) is 4.18. The molecular formula is C35H56O8. The zero-order chi connectivity index (χ0) is 31.3. The number of carboxylic acid groups (broad SMARTS) is 1. The van der Waals surface area contributed by atoms with Gasteiger partial charge in [-0.2, -0.15) is 0 Å². The Balaban J connectivity index is 1.27. The predicted molar refractivity (Wildman–Crippen MR) is 161 cm³/mol. The van der Waals surface area contributed by atoms with E-state index < -0.39 is 53.6 Å². The number of aliphatic hydroxyl groups is 4. The molecule has 5 N–H and O–H groups in total. The first-order chi connectivity index (χ1) is 20.1. The molecule has 8 heteroatoms. The molecule has 5 saturated carbocycles. The molecule has 43 heavy (non-hydrogen) atoms. The van der Waals surface area contributed by atoms with Gasteiger partial charge in [0, 0.05) is 11.8 Å². The minimum atomic E-state index is -1.51. The van der Waals surface area contributed by atoms with Gasteiger partial charge in [0.05, 0.1) is 24.2 Å². The van der Waals surface area contributed by atoms with Crippen LogP contribution >= 0.6 is 0 Å². The van der Waals surface area contributed by atoms with Crippen LogP contribution in [-0.4, -0.2) is 74.9 Å². The number of rotatable bonds is 7. The highest BCUT2D eigenvalue weighted by Gasteiger charge is 2.86. The van der Waals surface area contributed by atoms with Crippen LogP contribution in [0.2, 0.25) is 0 Å². The molecule has 6 fully saturated rings. The zero-order valence-corrected chi connectivity index (χ0v) is 27.1. The summed E-state index contributed by atoms with van der Waals surface area (Å²) in [6.45, 7) is 13.4. The number of hydrogen-bond donors (Lipinski definition) is 5. The highest BCUT2D eigenvalue weighted by atomic mass is 16.7. The molecule has 0 amide bonds. The maximum atomic E-state index is 13.2. The number of fused-ring (bicyclic) bond motifs is 2. The van der Waals surface area contributed by atoms with Crippen LogP contribution in [0, 0.1) is 50.7 Å². The van der Waals surface area contributed by atoms with Gasteiger partial charge in [-0.1, -0.05) is 32.4 Å². The van der Waals surface area contributed by atoms with E-state index in [9.17, 15) is 30.3 Å². The molecule has 1 saturated heterocycles. The molecule has 8 nitrogen and oxygen atoms in total. The van der Waals surface area contributed by atoms with E-state index in [0.717, 1.165) is 38.5 Å². The molecule has 5 aliphatic carbocycles. The fourth-order valence-corrected chi connectivity index (χ4v) is 12.4. The normalized spacial score (nSPS) is 54.4. The lowest BCUT2D eigenvalue weighted by Crippen LogP contribution is -2.65. The minimum Gasteiger partial charge on any atom is -0.481 e. The van der Waals surface area contributed by atoms with E-state index in [-0.39, 0.29) is 35.2 Å². The van der Waals surface area contributed by atoms with Crippen LogP contribution in [0.4, 0.5) is 0 Å². The van der Waals surface area contributed by atoms with Gasteiger partial charge in [0.15, 0.2) is 6.29 Å². The highest BCUT2D eigenvalue weighted by Crippen LogP contribution is 2.89. The van der Waals surface area contributed by atoms with Crippen molar-refractivity contribution in [2.75, 3.05) is 6.61 Å². The van der Waals surface area contributed by atoms with Crippen LogP contribution in [-0.2, 0) is 14.3 Å². The van der Waals surface area contributed by atoms with Crippen molar-refractivity contribution in [3.63, 3.8) is 0 Å². The molecule has 1 aliphatic heterocycles. The molecule has 244 valence electrons. The van der Waals surface area contributed by atoms with Crippen LogP contribution in [0.25, 0.3) is 0 Å². The lowest BCUT2D eigenvalue weighted by atomic mass is 9.41. The van der Waals surface area contributed by atoms with Gasteiger partial charge in [0.25, 0.3) is 0 Å². The molecule has 0 aromatic carbocycles. The van der Waals surface area contributed by atoms with Crippen molar-refractivity contribution in [3.05, 3.63) is 11.6 Å². The number of aliphatic carboxylic acids is 1. The second-order valence-corrected chi connectivity index (χ2v) is 16.6. The van der Waals surface area contributed by atoms with E-state index in [1.807, 2.05) is 0 Å². The third-order valence-electron chi connectivity index (χ3n) is 14.9. The number of ether oxygens (including phenoxy) is 2. The third-order valence-corrected chi connectivity index (χ3v) is 14.9. The summed E-state index contributed by atoms with van der Waals surface area (Å²) in [6.07, 6.45) is 5.02. The predicted octanol–water partition coefficient (Wildman–Crippen LogP) is 4.67. The molecule has 0 aromatic heterocycles. The molecule has 6 rings (SSSR count). The van der Waals surface area contributed by atoms with Gasteiger partial charge in [0.1, 0.15) is 18.3 Å². The van der Waals surface area contributed by atoms with Crippen LogP contribution in [0.15, 0.2) is 11.6 Å². The summed E-state index contributed by atoms with van der Waals surface area (Å²) in [7, 11) is 0. The van der Waals surface area contributed by atoms with E-state index in [4.69, 9.17) is 9.47 Å². The molecule has 2 spiro atoms. The Bertz CT molecular complexity index is 1140. The minimum absolute atomic E-state index is 0.0490. The Morgan fingerprint density at radius 2 is 1.67 bits per heavy atom. The standard InChI is InChI=1S/C35H56O8/c1-19(2)8-7-9-20(3)21-12-13-32(5)23-10-11-24-33(6,30(40)41)26(43-29-28(39)27(38)22(36)17-42-29)16-25(37)35(24)18-34(23,35)15-14-31(21,32)4/h8,20-29,36-39H,7,9-18H2,1-6H3,(H,40,41)/t20-,21-,22+,23+,24+,25?,26?,27+,28-,29+,31-,32+,33+,34+,35-/m1/s1. The summed E-state index contributed by atoms with van der Waals surface area (Å²) in [4.78, 5) is 13.2. The van der Waals surface area contributed by atoms with Crippen molar-refractivity contribution < 1.29 is 39.8 Å². The Kier molecular flexibility index (Phi) is 7.79.